The van der Waals surface area contributed by atoms with E-state index in [0.29, 0.717) is 10.9 Å². The van der Waals surface area contributed by atoms with Gasteiger partial charge in [0.2, 0.25) is 0 Å². The lowest BCUT2D eigenvalue weighted by molar-refractivity contribution is 0.113. The van der Waals surface area contributed by atoms with Gasteiger partial charge in [-0.1, -0.05) is 11.8 Å². The Morgan fingerprint density at radius 1 is 1.36 bits per heavy atom. The van der Waals surface area contributed by atoms with Gasteiger partial charge in [-0.3, -0.25) is 0 Å². The Morgan fingerprint density at radius 3 is 2.43 bits per heavy atom. The molecule has 0 aliphatic rings. The fourth-order valence-corrected chi connectivity index (χ4v) is 1.85. The number of aryl methyl sites for hydroxylation is 2. The first-order valence-electron chi connectivity index (χ1n) is 4.36. The summed E-state index contributed by atoms with van der Waals surface area (Å²) in [6, 6.07) is 1.90. The van der Waals surface area contributed by atoms with E-state index in [-0.39, 0.29) is 6.61 Å². The zero-order chi connectivity index (χ0) is 10.6. The van der Waals surface area contributed by atoms with Crippen molar-refractivity contribution in [2.45, 2.75) is 25.1 Å². The molecule has 1 aromatic rings. The van der Waals surface area contributed by atoms with Gasteiger partial charge in [-0.05, 0) is 19.9 Å². The number of thioether (sulfide) groups is 1. The van der Waals surface area contributed by atoms with Crippen molar-refractivity contribution in [3.63, 3.8) is 0 Å². The molecule has 0 fully saturated rings. The number of aliphatic hydroxyl groups is 2. The van der Waals surface area contributed by atoms with Gasteiger partial charge >= 0.3 is 0 Å². The average Bonchev–Trinajstić information content (AvgIpc) is 2.12. The zero-order valence-corrected chi connectivity index (χ0v) is 9.08. The van der Waals surface area contributed by atoms with Crippen molar-refractivity contribution in [1.29, 1.82) is 0 Å². The number of hydrogen-bond donors (Lipinski definition) is 2. The first-order valence-corrected chi connectivity index (χ1v) is 5.34. The summed E-state index contributed by atoms with van der Waals surface area (Å²) in [6.45, 7) is 3.58. The monoisotopic (exact) mass is 214 g/mol. The molecule has 0 amide bonds. The second kappa shape index (κ2) is 5.29. The molecule has 78 valence electrons. The average molecular weight is 214 g/mol. The maximum absolute atomic E-state index is 9.13. The van der Waals surface area contributed by atoms with Crippen LogP contribution in [0.15, 0.2) is 11.2 Å². The predicted octanol–water partition coefficient (Wildman–Crippen LogP) is 0.539. The van der Waals surface area contributed by atoms with Crippen LogP contribution < -0.4 is 0 Å². The van der Waals surface area contributed by atoms with Crippen molar-refractivity contribution in [1.82, 2.24) is 9.97 Å². The Morgan fingerprint density at radius 2 is 1.93 bits per heavy atom. The number of nitrogens with zero attached hydrogens (tertiary/aromatic N) is 2. The molecule has 0 saturated heterocycles. The number of hydrogen-bond acceptors (Lipinski definition) is 5. The highest BCUT2D eigenvalue weighted by Gasteiger charge is 2.05. The van der Waals surface area contributed by atoms with Gasteiger partial charge < -0.3 is 10.2 Å². The van der Waals surface area contributed by atoms with Crippen LogP contribution in [0.1, 0.15) is 11.4 Å². The van der Waals surface area contributed by atoms with E-state index in [1.807, 2.05) is 19.9 Å². The summed E-state index contributed by atoms with van der Waals surface area (Å²) >= 11 is 1.35. The lowest BCUT2D eigenvalue weighted by atomic mass is 10.4. The van der Waals surface area contributed by atoms with Gasteiger partial charge in [0.15, 0.2) is 5.16 Å². The Labute approximate surface area is 87.4 Å². The van der Waals surface area contributed by atoms with Crippen LogP contribution in [0.3, 0.4) is 0 Å². The van der Waals surface area contributed by atoms with Crippen molar-refractivity contribution in [3.05, 3.63) is 17.5 Å². The van der Waals surface area contributed by atoms with E-state index < -0.39 is 6.10 Å². The quantitative estimate of drug-likeness (QED) is 0.565. The van der Waals surface area contributed by atoms with E-state index in [2.05, 4.69) is 9.97 Å². The minimum absolute atomic E-state index is 0.224. The zero-order valence-electron chi connectivity index (χ0n) is 8.27. The van der Waals surface area contributed by atoms with E-state index in [1.165, 1.54) is 11.8 Å². The van der Waals surface area contributed by atoms with Crippen LogP contribution in [-0.2, 0) is 0 Å². The summed E-state index contributed by atoms with van der Waals surface area (Å²) in [5.74, 6) is 0.416. The van der Waals surface area contributed by atoms with Gasteiger partial charge in [0, 0.05) is 17.1 Å². The van der Waals surface area contributed by atoms with Crippen LogP contribution in [0.4, 0.5) is 0 Å². The predicted molar refractivity (Wildman–Crippen MR) is 55.3 cm³/mol. The Kier molecular flexibility index (Phi) is 4.31. The fraction of sp³-hybridized carbons (Fsp3) is 0.556. The van der Waals surface area contributed by atoms with E-state index in [1.54, 1.807) is 0 Å². The van der Waals surface area contributed by atoms with Crippen molar-refractivity contribution in [2.24, 2.45) is 0 Å². The molecule has 2 N–H and O–H groups in total. The van der Waals surface area contributed by atoms with Crippen molar-refractivity contribution >= 4 is 11.8 Å². The molecule has 0 saturated carbocycles. The summed E-state index contributed by atoms with van der Waals surface area (Å²) in [7, 11) is 0. The third-order valence-electron chi connectivity index (χ3n) is 1.58. The Bertz CT molecular complexity index is 287. The molecule has 0 radical (unpaired) electrons. The van der Waals surface area contributed by atoms with Crippen molar-refractivity contribution < 1.29 is 10.2 Å². The molecular weight excluding hydrogens is 200 g/mol. The van der Waals surface area contributed by atoms with Gasteiger partial charge in [0.05, 0.1) is 12.7 Å². The number of rotatable bonds is 4. The molecule has 0 aliphatic carbocycles. The molecule has 0 bridgehead atoms. The molecule has 14 heavy (non-hydrogen) atoms. The van der Waals surface area contributed by atoms with Crippen LogP contribution in [0.25, 0.3) is 0 Å². The van der Waals surface area contributed by atoms with Gasteiger partial charge in [-0.15, -0.1) is 0 Å². The van der Waals surface area contributed by atoms with Crippen LogP contribution in [-0.4, -0.2) is 38.6 Å². The second-order valence-electron chi connectivity index (χ2n) is 3.08. The molecule has 5 heteroatoms. The van der Waals surface area contributed by atoms with E-state index >= 15 is 0 Å². The molecule has 1 unspecified atom stereocenters. The van der Waals surface area contributed by atoms with Crippen LogP contribution >= 0.6 is 11.8 Å². The Balaban J connectivity index is 2.58. The van der Waals surface area contributed by atoms with Crippen LogP contribution in [0.5, 0.6) is 0 Å². The summed E-state index contributed by atoms with van der Waals surface area (Å²) in [6.07, 6.45) is -0.704. The third kappa shape index (κ3) is 3.61. The topological polar surface area (TPSA) is 66.2 Å². The fourth-order valence-electron chi connectivity index (χ4n) is 0.982. The molecule has 1 heterocycles. The first-order chi connectivity index (χ1) is 6.61. The number of aliphatic hydroxyl groups excluding tert-OH is 2. The lowest BCUT2D eigenvalue weighted by Gasteiger charge is -2.06. The lowest BCUT2D eigenvalue weighted by Crippen LogP contribution is -2.15. The van der Waals surface area contributed by atoms with Crippen LogP contribution in [0, 0.1) is 13.8 Å². The summed E-state index contributed by atoms with van der Waals surface area (Å²) in [5, 5.41) is 18.4. The minimum Gasteiger partial charge on any atom is -0.394 e. The summed E-state index contributed by atoms with van der Waals surface area (Å²) in [4.78, 5) is 8.40. The normalized spacial score (nSPS) is 12.9. The SMILES string of the molecule is Cc1cc(C)nc(SCC(O)CO)n1. The highest BCUT2D eigenvalue weighted by atomic mass is 32.2. The minimum atomic E-state index is -0.704. The van der Waals surface area contributed by atoms with E-state index in [9.17, 15) is 0 Å². The molecule has 1 atom stereocenters. The highest BCUT2D eigenvalue weighted by Crippen LogP contribution is 2.14. The van der Waals surface area contributed by atoms with Gasteiger partial charge in [0.25, 0.3) is 0 Å². The molecule has 1 rings (SSSR count). The van der Waals surface area contributed by atoms with E-state index in [0.717, 1.165) is 11.4 Å². The Hall–Kier alpha value is -0.650. The van der Waals surface area contributed by atoms with Crippen molar-refractivity contribution in [3.8, 4) is 0 Å². The number of aromatic nitrogens is 2. The van der Waals surface area contributed by atoms with Gasteiger partial charge in [-0.25, -0.2) is 9.97 Å². The molecular formula is C9H14N2O2S. The first kappa shape index (κ1) is 11.4. The smallest absolute Gasteiger partial charge is 0.188 e. The summed E-state index contributed by atoms with van der Waals surface area (Å²) < 4.78 is 0. The molecule has 4 nitrogen and oxygen atoms in total. The highest BCUT2D eigenvalue weighted by molar-refractivity contribution is 7.99. The van der Waals surface area contributed by atoms with Gasteiger partial charge in [-0.2, -0.15) is 0 Å². The third-order valence-corrected chi connectivity index (χ3v) is 2.57. The molecule has 0 aromatic carbocycles. The molecule has 1 aromatic heterocycles. The maximum atomic E-state index is 9.13. The van der Waals surface area contributed by atoms with Gasteiger partial charge in [0.1, 0.15) is 0 Å². The summed E-state index contributed by atoms with van der Waals surface area (Å²) in [5.41, 5.74) is 1.83. The maximum Gasteiger partial charge on any atom is 0.188 e. The second-order valence-corrected chi connectivity index (χ2v) is 4.07. The molecule has 0 aliphatic heterocycles. The van der Waals surface area contributed by atoms with Crippen LogP contribution in [0.2, 0.25) is 0 Å². The molecule has 0 spiro atoms. The van der Waals surface area contributed by atoms with Crippen molar-refractivity contribution in [2.75, 3.05) is 12.4 Å². The standard InChI is InChI=1S/C9H14N2O2S/c1-6-3-7(2)11-9(10-6)14-5-8(13)4-12/h3,8,12-13H,4-5H2,1-2H3. The largest absolute Gasteiger partial charge is 0.394 e. The van der Waals surface area contributed by atoms with E-state index in [4.69, 9.17) is 10.2 Å².